The van der Waals surface area contributed by atoms with Crippen LogP contribution in [0.4, 0.5) is 20.3 Å². The van der Waals surface area contributed by atoms with Crippen LogP contribution in [0, 0.1) is 33.6 Å². The standard InChI is InChI=1S/C20H17F2N3O3/c1-28-18-12-19(25(26)27)20(23-13-18)24-7-5-14(6-8-24)3-2-4-15-9-16(21)11-17(22)10-15/h3,9-13H,5-8H2,1H3. The van der Waals surface area contributed by atoms with E-state index >= 15 is 0 Å². The lowest BCUT2D eigenvalue weighted by molar-refractivity contribution is -0.384. The molecule has 6 nitrogen and oxygen atoms in total. The van der Waals surface area contributed by atoms with Crippen LogP contribution in [0.25, 0.3) is 0 Å². The summed E-state index contributed by atoms with van der Waals surface area (Å²) in [6, 6.07) is 4.50. The predicted octanol–water partition coefficient (Wildman–Crippen LogP) is 3.85. The number of pyridine rings is 1. The molecular weight excluding hydrogens is 368 g/mol. The number of hydrogen-bond acceptors (Lipinski definition) is 5. The number of aromatic nitrogens is 1. The summed E-state index contributed by atoms with van der Waals surface area (Å²) in [6.45, 7) is 1.12. The van der Waals surface area contributed by atoms with Crippen LogP contribution in [0.3, 0.4) is 0 Å². The molecule has 0 atom stereocenters. The highest BCUT2D eigenvalue weighted by Crippen LogP contribution is 2.31. The fourth-order valence-corrected chi connectivity index (χ4v) is 2.91. The zero-order valence-corrected chi connectivity index (χ0v) is 15.1. The molecular formula is C20H17F2N3O3. The first kappa shape index (κ1) is 19.3. The van der Waals surface area contributed by atoms with E-state index in [2.05, 4.69) is 16.8 Å². The van der Waals surface area contributed by atoms with Gasteiger partial charge in [0.15, 0.2) is 0 Å². The third kappa shape index (κ3) is 4.62. The molecule has 144 valence electrons. The van der Waals surface area contributed by atoms with Crippen molar-refractivity contribution in [2.45, 2.75) is 12.8 Å². The molecule has 0 aliphatic carbocycles. The summed E-state index contributed by atoms with van der Waals surface area (Å²) in [5.41, 5.74) is 1.24. The van der Waals surface area contributed by atoms with Crippen molar-refractivity contribution in [3.05, 3.63) is 69.4 Å². The number of hydrogen-bond donors (Lipinski definition) is 0. The van der Waals surface area contributed by atoms with Gasteiger partial charge in [0, 0.05) is 24.7 Å². The normalized spacial score (nSPS) is 13.5. The maximum atomic E-state index is 13.2. The molecule has 0 N–H and O–H groups in total. The van der Waals surface area contributed by atoms with E-state index in [9.17, 15) is 18.9 Å². The minimum absolute atomic E-state index is 0.0975. The number of nitro groups is 1. The van der Waals surface area contributed by atoms with Gasteiger partial charge in [-0.1, -0.05) is 17.4 Å². The van der Waals surface area contributed by atoms with Crippen molar-refractivity contribution in [2.24, 2.45) is 0 Å². The Morgan fingerprint density at radius 3 is 2.50 bits per heavy atom. The molecule has 1 fully saturated rings. The van der Waals surface area contributed by atoms with Gasteiger partial charge in [0.05, 0.1) is 24.3 Å². The molecule has 3 rings (SSSR count). The van der Waals surface area contributed by atoms with Crippen molar-refractivity contribution in [1.29, 1.82) is 0 Å². The Kier molecular flexibility index (Phi) is 5.84. The first-order valence-electron chi connectivity index (χ1n) is 8.55. The van der Waals surface area contributed by atoms with E-state index in [1.165, 1.54) is 31.5 Å². The van der Waals surface area contributed by atoms with Crippen LogP contribution >= 0.6 is 0 Å². The molecule has 1 aliphatic rings. The zero-order valence-electron chi connectivity index (χ0n) is 15.1. The molecule has 0 saturated carbocycles. The summed E-state index contributed by atoms with van der Waals surface area (Å²) < 4.78 is 31.3. The number of nitrogens with zero attached hydrogens (tertiary/aromatic N) is 3. The molecule has 2 heterocycles. The van der Waals surface area contributed by atoms with Crippen LogP contribution in [0.15, 0.2) is 42.1 Å². The average Bonchev–Trinajstić information content (AvgIpc) is 2.67. The van der Waals surface area contributed by atoms with Gasteiger partial charge in [-0.15, -0.1) is 0 Å². The first-order chi connectivity index (χ1) is 13.5. The van der Waals surface area contributed by atoms with Crippen molar-refractivity contribution in [1.82, 2.24) is 4.98 Å². The molecule has 1 saturated heterocycles. The second-order valence-electron chi connectivity index (χ2n) is 6.19. The van der Waals surface area contributed by atoms with Gasteiger partial charge < -0.3 is 9.64 Å². The third-order valence-electron chi connectivity index (χ3n) is 4.32. The Morgan fingerprint density at radius 2 is 1.89 bits per heavy atom. The van der Waals surface area contributed by atoms with E-state index in [4.69, 9.17) is 4.74 Å². The molecule has 0 bridgehead atoms. The summed E-state index contributed by atoms with van der Waals surface area (Å²) in [4.78, 5) is 16.9. The largest absolute Gasteiger partial charge is 0.495 e. The number of allylic oxidation sites excluding steroid dienone is 1. The molecule has 2 aromatic rings. The first-order valence-corrected chi connectivity index (χ1v) is 8.55. The lowest BCUT2D eigenvalue weighted by Crippen LogP contribution is -2.31. The van der Waals surface area contributed by atoms with Crippen LogP contribution in [-0.4, -0.2) is 30.1 Å². The second-order valence-corrected chi connectivity index (χ2v) is 6.19. The fraction of sp³-hybridized carbons (Fsp3) is 0.250. The number of rotatable bonds is 3. The Balaban J connectivity index is 1.69. The smallest absolute Gasteiger partial charge is 0.315 e. The van der Waals surface area contributed by atoms with E-state index in [1.54, 1.807) is 6.08 Å². The van der Waals surface area contributed by atoms with E-state index in [-0.39, 0.29) is 11.3 Å². The summed E-state index contributed by atoms with van der Waals surface area (Å²) in [5, 5.41) is 11.3. The SMILES string of the molecule is COc1cnc(N2CCC(=CC#Cc3cc(F)cc(F)c3)CC2)c([N+](=O)[O-])c1. The third-order valence-corrected chi connectivity index (χ3v) is 4.32. The Bertz CT molecular complexity index is 966. The van der Waals surface area contributed by atoms with Crippen LogP contribution in [0.1, 0.15) is 18.4 Å². The predicted molar refractivity (Wildman–Crippen MR) is 100 cm³/mol. The Morgan fingerprint density at radius 1 is 1.21 bits per heavy atom. The molecule has 0 spiro atoms. The molecule has 28 heavy (non-hydrogen) atoms. The van der Waals surface area contributed by atoms with Crippen molar-refractivity contribution < 1.29 is 18.4 Å². The van der Waals surface area contributed by atoms with Crippen molar-refractivity contribution in [3.8, 4) is 17.6 Å². The zero-order chi connectivity index (χ0) is 20.1. The highest BCUT2D eigenvalue weighted by Gasteiger charge is 2.24. The van der Waals surface area contributed by atoms with Gasteiger partial charge in [0.2, 0.25) is 5.82 Å². The number of methoxy groups -OCH3 is 1. The summed E-state index contributed by atoms with van der Waals surface area (Å²) in [7, 11) is 1.43. The van der Waals surface area contributed by atoms with Crippen molar-refractivity contribution in [2.75, 3.05) is 25.1 Å². The molecule has 0 unspecified atom stereocenters. The minimum Gasteiger partial charge on any atom is -0.495 e. The molecule has 0 radical (unpaired) electrons. The van der Waals surface area contributed by atoms with Crippen molar-refractivity contribution in [3.63, 3.8) is 0 Å². The highest BCUT2D eigenvalue weighted by molar-refractivity contribution is 5.60. The summed E-state index contributed by atoms with van der Waals surface area (Å²) in [6.07, 6.45) is 4.52. The van der Waals surface area contributed by atoms with E-state index in [0.717, 1.165) is 11.6 Å². The number of ether oxygens (including phenoxy) is 1. The van der Waals surface area contributed by atoms with Gasteiger partial charge in [-0.3, -0.25) is 10.1 Å². The number of benzene rings is 1. The van der Waals surface area contributed by atoms with Gasteiger partial charge >= 0.3 is 5.69 Å². The maximum absolute atomic E-state index is 13.2. The topological polar surface area (TPSA) is 68.5 Å². The maximum Gasteiger partial charge on any atom is 0.315 e. The van der Waals surface area contributed by atoms with Crippen LogP contribution in [0.2, 0.25) is 0 Å². The molecule has 1 aromatic carbocycles. The second kappa shape index (κ2) is 8.48. The van der Waals surface area contributed by atoms with E-state index in [1.807, 2.05) is 4.90 Å². The van der Waals surface area contributed by atoms with Crippen molar-refractivity contribution >= 4 is 11.5 Å². The van der Waals surface area contributed by atoms with E-state index < -0.39 is 16.6 Å². The number of piperidine rings is 1. The minimum atomic E-state index is -0.668. The van der Waals surface area contributed by atoms with Gasteiger partial charge in [-0.05, 0) is 31.1 Å². The number of halogens is 2. The van der Waals surface area contributed by atoms with Gasteiger partial charge in [-0.2, -0.15) is 0 Å². The summed E-state index contributed by atoms with van der Waals surface area (Å²) in [5.74, 6) is 4.84. The number of anilines is 1. The Hall–Kier alpha value is -3.47. The van der Waals surface area contributed by atoms with Crippen LogP contribution < -0.4 is 9.64 Å². The van der Waals surface area contributed by atoms with Crippen LogP contribution in [0.5, 0.6) is 5.75 Å². The molecule has 8 heteroatoms. The van der Waals surface area contributed by atoms with Gasteiger partial charge in [0.25, 0.3) is 0 Å². The summed E-state index contributed by atoms with van der Waals surface area (Å²) >= 11 is 0. The molecule has 0 amide bonds. The van der Waals surface area contributed by atoms with Gasteiger partial charge in [0.1, 0.15) is 17.4 Å². The molecule has 1 aliphatic heterocycles. The average molecular weight is 385 g/mol. The molecule has 1 aromatic heterocycles. The lowest BCUT2D eigenvalue weighted by atomic mass is 10.0. The Labute approximate surface area is 160 Å². The van der Waals surface area contributed by atoms with E-state index in [0.29, 0.717) is 37.5 Å². The highest BCUT2D eigenvalue weighted by atomic mass is 19.1. The quantitative estimate of drug-likeness (QED) is 0.456. The van der Waals surface area contributed by atoms with Crippen LogP contribution in [-0.2, 0) is 0 Å². The lowest BCUT2D eigenvalue weighted by Gasteiger charge is -2.28. The fourth-order valence-electron chi connectivity index (χ4n) is 2.91. The van der Waals surface area contributed by atoms with Gasteiger partial charge in [-0.25, -0.2) is 13.8 Å². The monoisotopic (exact) mass is 385 g/mol.